The van der Waals surface area contributed by atoms with E-state index in [0.717, 1.165) is 19.5 Å². The third kappa shape index (κ3) is 4.24. The minimum Gasteiger partial charge on any atom is -0.466 e. The van der Waals surface area contributed by atoms with Crippen LogP contribution in [0.15, 0.2) is 0 Å². The quantitative estimate of drug-likeness (QED) is 0.476. The van der Waals surface area contributed by atoms with Gasteiger partial charge in [-0.05, 0) is 19.0 Å². The lowest BCUT2D eigenvalue weighted by molar-refractivity contribution is -0.145. The van der Waals surface area contributed by atoms with E-state index >= 15 is 0 Å². The van der Waals surface area contributed by atoms with E-state index in [1.165, 1.54) is 0 Å². The average Bonchev–Trinajstić information content (AvgIpc) is 2.06. The van der Waals surface area contributed by atoms with Gasteiger partial charge in [-0.25, -0.2) is 0 Å². The number of ether oxygens (including phenoxy) is 2. The molecular formula is C9H17NO3. The second kappa shape index (κ2) is 5.94. The molecule has 0 amide bonds. The van der Waals surface area contributed by atoms with Crippen molar-refractivity contribution in [3.63, 3.8) is 0 Å². The number of rotatable bonds is 6. The summed E-state index contributed by atoms with van der Waals surface area (Å²) in [5.41, 5.74) is 0. The molecule has 1 N–H and O–H groups in total. The zero-order chi connectivity index (χ0) is 9.52. The number of hydrogen-bond acceptors (Lipinski definition) is 4. The van der Waals surface area contributed by atoms with Crippen molar-refractivity contribution >= 4 is 5.97 Å². The van der Waals surface area contributed by atoms with Crippen LogP contribution >= 0.6 is 0 Å². The van der Waals surface area contributed by atoms with Crippen LogP contribution in [0, 0.1) is 5.92 Å². The van der Waals surface area contributed by atoms with Gasteiger partial charge in [0.1, 0.15) is 0 Å². The maximum absolute atomic E-state index is 11.1. The molecule has 1 heterocycles. The summed E-state index contributed by atoms with van der Waals surface area (Å²) in [4.78, 5) is 11.1. The van der Waals surface area contributed by atoms with Gasteiger partial charge in [-0.15, -0.1) is 0 Å². The predicted molar refractivity (Wildman–Crippen MR) is 48.4 cm³/mol. The van der Waals surface area contributed by atoms with E-state index in [0.29, 0.717) is 25.6 Å². The summed E-state index contributed by atoms with van der Waals surface area (Å²) in [6.45, 7) is 3.03. The zero-order valence-corrected chi connectivity index (χ0v) is 8.04. The summed E-state index contributed by atoms with van der Waals surface area (Å²) in [6, 6.07) is 0. The van der Waals surface area contributed by atoms with E-state index in [1.807, 2.05) is 0 Å². The smallest absolute Gasteiger partial charge is 0.306 e. The molecule has 1 fully saturated rings. The van der Waals surface area contributed by atoms with Crippen LogP contribution in [0.25, 0.3) is 0 Å². The lowest BCUT2D eigenvalue weighted by Gasteiger charge is -2.25. The molecule has 0 aromatic rings. The highest BCUT2D eigenvalue weighted by Gasteiger charge is 2.20. The highest BCUT2D eigenvalue weighted by Crippen LogP contribution is 2.08. The average molecular weight is 187 g/mol. The third-order valence-corrected chi connectivity index (χ3v) is 2.08. The number of nitrogens with one attached hydrogen (secondary N) is 1. The fourth-order valence-corrected chi connectivity index (χ4v) is 1.18. The first-order chi connectivity index (χ1) is 6.33. The maximum Gasteiger partial charge on any atom is 0.306 e. The van der Waals surface area contributed by atoms with Crippen molar-refractivity contribution in [1.82, 2.24) is 5.32 Å². The Morgan fingerprint density at radius 3 is 2.77 bits per heavy atom. The fourth-order valence-electron chi connectivity index (χ4n) is 1.18. The molecule has 0 atom stereocenters. The molecule has 0 aromatic carbocycles. The summed E-state index contributed by atoms with van der Waals surface area (Å²) in [7, 11) is 1.64. The summed E-state index contributed by atoms with van der Waals surface area (Å²) in [5, 5.41) is 3.12. The Kier molecular flexibility index (Phi) is 4.78. The molecule has 0 unspecified atom stereocenters. The van der Waals surface area contributed by atoms with Gasteiger partial charge in [0.2, 0.25) is 0 Å². The Morgan fingerprint density at radius 1 is 1.46 bits per heavy atom. The van der Waals surface area contributed by atoms with Gasteiger partial charge in [0.15, 0.2) is 0 Å². The number of esters is 1. The molecule has 0 saturated carbocycles. The van der Waals surface area contributed by atoms with Crippen molar-refractivity contribution in [2.75, 3.05) is 33.4 Å². The minimum absolute atomic E-state index is 0.0809. The van der Waals surface area contributed by atoms with Gasteiger partial charge in [0.05, 0.1) is 13.0 Å². The first-order valence-corrected chi connectivity index (χ1v) is 4.68. The second-order valence-corrected chi connectivity index (χ2v) is 3.30. The van der Waals surface area contributed by atoms with E-state index in [-0.39, 0.29) is 5.97 Å². The molecule has 0 bridgehead atoms. The first kappa shape index (κ1) is 10.5. The summed E-state index contributed by atoms with van der Waals surface area (Å²) in [5.74, 6) is 0.414. The molecule has 1 aliphatic rings. The van der Waals surface area contributed by atoms with Crippen LogP contribution in [-0.2, 0) is 14.3 Å². The molecule has 0 spiro atoms. The zero-order valence-electron chi connectivity index (χ0n) is 8.04. The molecule has 13 heavy (non-hydrogen) atoms. The van der Waals surface area contributed by atoms with E-state index < -0.39 is 0 Å². The van der Waals surface area contributed by atoms with Crippen LogP contribution in [0.2, 0.25) is 0 Å². The van der Waals surface area contributed by atoms with Crippen molar-refractivity contribution < 1.29 is 14.3 Å². The normalized spacial score (nSPS) is 16.7. The monoisotopic (exact) mass is 187 g/mol. The van der Waals surface area contributed by atoms with E-state index in [2.05, 4.69) is 5.32 Å². The Morgan fingerprint density at radius 2 is 2.23 bits per heavy atom. The standard InChI is InChI=1S/C9H17NO3/c1-12-3-2-4-13-9(11)5-8-6-10-7-8/h8,10H,2-7H2,1H3. The fraction of sp³-hybridized carbons (Fsp3) is 0.889. The Hall–Kier alpha value is -0.610. The Balaban J connectivity index is 1.91. The molecule has 4 heteroatoms. The Labute approximate surface area is 78.6 Å². The molecule has 76 valence electrons. The van der Waals surface area contributed by atoms with E-state index in [9.17, 15) is 4.79 Å². The van der Waals surface area contributed by atoms with Crippen molar-refractivity contribution in [2.45, 2.75) is 12.8 Å². The van der Waals surface area contributed by atoms with Crippen LogP contribution in [0.3, 0.4) is 0 Å². The topological polar surface area (TPSA) is 47.6 Å². The maximum atomic E-state index is 11.1. The van der Waals surface area contributed by atoms with Gasteiger partial charge in [-0.3, -0.25) is 4.79 Å². The van der Waals surface area contributed by atoms with Crippen molar-refractivity contribution in [3.05, 3.63) is 0 Å². The van der Waals surface area contributed by atoms with Crippen LogP contribution < -0.4 is 5.32 Å². The van der Waals surface area contributed by atoms with Gasteiger partial charge in [0, 0.05) is 20.1 Å². The molecule has 1 saturated heterocycles. The lowest BCUT2D eigenvalue weighted by atomic mass is 10.00. The lowest BCUT2D eigenvalue weighted by Crippen LogP contribution is -2.43. The minimum atomic E-state index is -0.0809. The summed E-state index contributed by atoms with van der Waals surface area (Å²) in [6.07, 6.45) is 1.34. The molecular weight excluding hydrogens is 170 g/mol. The third-order valence-electron chi connectivity index (χ3n) is 2.08. The van der Waals surface area contributed by atoms with Gasteiger partial charge in [-0.2, -0.15) is 0 Å². The van der Waals surface area contributed by atoms with Crippen LogP contribution in [0.1, 0.15) is 12.8 Å². The van der Waals surface area contributed by atoms with Gasteiger partial charge in [-0.1, -0.05) is 0 Å². The van der Waals surface area contributed by atoms with Gasteiger partial charge < -0.3 is 14.8 Å². The SMILES string of the molecule is COCCCOC(=O)CC1CNC1. The van der Waals surface area contributed by atoms with Crippen LogP contribution in [0.4, 0.5) is 0 Å². The van der Waals surface area contributed by atoms with Crippen molar-refractivity contribution in [2.24, 2.45) is 5.92 Å². The number of carbonyl (C=O) groups is 1. The highest BCUT2D eigenvalue weighted by molar-refractivity contribution is 5.69. The van der Waals surface area contributed by atoms with E-state index in [1.54, 1.807) is 7.11 Å². The van der Waals surface area contributed by atoms with Crippen molar-refractivity contribution in [1.29, 1.82) is 0 Å². The summed E-state index contributed by atoms with van der Waals surface area (Å²) >= 11 is 0. The first-order valence-electron chi connectivity index (χ1n) is 4.68. The van der Waals surface area contributed by atoms with E-state index in [4.69, 9.17) is 9.47 Å². The van der Waals surface area contributed by atoms with Gasteiger partial charge >= 0.3 is 5.97 Å². The number of carbonyl (C=O) groups excluding carboxylic acids is 1. The molecule has 0 radical (unpaired) electrons. The van der Waals surface area contributed by atoms with Crippen LogP contribution in [-0.4, -0.2) is 39.4 Å². The second-order valence-electron chi connectivity index (χ2n) is 3.30. The number of methoxy groups -OCH3 is 1. The molecule has 4 nitrogen and oxygen atoms in total. The largest absolute Gasteiger partial charge is 0.466 e. The summed E-state index contributed by atoms with van der Waals surface area (Å²) < 4.78 is 9.84. The Bertz CT molecular complexity index is 157. The molecule has 0 aliphatic carbocycles. The predicted octanol–water partition coefficient (Wildman–Crippen LogP) is 0.176. The number of hydrogen-bond donors (Lipinski definition) is 1. The van der Waals surface area contributed by atoms with Crippen molar-refractivity contribution in [3.8, 4) is 0 Å². The molecule has 1 aliphatic heterocycles. The van der Waals surface area contributed by atoms with Gasteiger partial charge in [0.25, 0.3) is 0 Å². The molecule has 0 aromatic heterocycles. The van der Waals surface area contributed by atoms with Crippen LogP contribution in [0.5, 0.6) is 0 Å². The highest BCUT2D eigenvalue weighted by atomic mass is 16.5. The molecule has 1 rings (SSSR count).